The number of amides is 1. The van der Waals surface area contributed by atoms with E-state index in [0.29, 0.717) is 24.8 Å². The van der Waals surface area contributed by atoms with Crippen LogP contribution in [0.2, 0.25) is 0 Å². The molecular weight excluding hydrogens is 308 g/mol. The lowest BCUT2D eigenvalue weighted by molar-refractivity contribution is -0.162. The number of hydrogen-bond acceptors (Lipinski definition) is 5. The summed E-state index contributed by atoms with van der Waals surface area (Å²) in [7, 11) is 0. The molecule has 2 atom stereocenters. The third-order valence-corrected chi connectivity index (χ3v) is 4.44. The maximum absolute atomic E-state index is 12.9. The molecule has 0 N–H and O–H groups in total. The van der Waals surface area contributed by atoms with Crippen molar-refractivity contribution in [1.29, 1.82) is 0 Å². The molecule has 24 heavy (non-hydrogen) atoms. The predicted molar refractivity (Wildman–Crippen MR) is 87.5 cm³/mol. The van der Waals surface area contributed by atoms with Gasteiger partial charge < -0.3 is 14.1 Å². The number of esters is 1. The molecule has 0 bridgehead atoms. The fourth-order valence-corrected chi connectivity index (χ4v) is 3.28. The standard InChI is InChI=1S/C18H26N2O4/c1-11-7-13(17(22)24-18(2,3)4)9-20(8-11)16(21)15-14(12-5-6-12)19-10-23-15/h10-13H,5-9H2,1-4H3/t11-,13-/m1/s1. The number of aromatic nitrogens is 1. The second-order valence-electron chi connectivity index (χ2n) is 8.12. The molecule has 2 aliphatic rings. The van der Waals surface area contributed by atoms with Crippen molar-refractivity contribution in [3.63, 3.8) is 0 Å². The van der Waals surface area contributed by atoms with Gasteiger partial charge in [-0.3, -0.25) is 9.59 Å². The fraction of sp³-hybridized carbons (Fsp3) is 0.722. The van der Waals surface area contributed by atoms with Gasteiger partial charge >= 0.3 is 5.97 Å². The molecule has 1 saturated carbocycles. The van der Waals surface area contributed by atoms with Crippen LogP contribution >= 0.6 is 0 Å². The van der Waals surface area contributed by atoms with Crippen LogP contribution in [-0.2, 0) is 9.53 Å². The van der Waals surface area contributed by atoms with Gasteiger partial charge in [0.15, 0.2) is 6.39 Å². The van der Waals surface area contributed by atoms with Crippen molar-refractivity contribution in [3.8, 4) is 0 Å². The molecular formula is C18H26N2O4. The average Bonchev–Trinajstić information content (AvgIpc) is 3.21. The Morgan fingerprint density at radius 3 is 2.62 bits per heavy atom. The number of ether oxygens (including phenoxy) is 1. The van der Waals surface area contributed by atoms with Crippen LogP contribution in [0, 0.1) is 11.8 Å². The Hall–Kier alpha value is -1.85. The lowest BCUT2D eigenvalue weighted by Gasteiger charge is -2.36. The van der Waals surface area contributed by atoms with Crippen LogP contribution in [0.5, 0.6) is 0 Å². The van der Waals surface area contributed by atoms with E-state index in [2.05, 4.69) is 11.9 Å². The van der Waals surface area contributed by atoms with E-state index in [-0.39, 0.29) is 23.7 Å². The van der Waals surface area contributed by atoms with Gasteiger partial charge in [0.25, 0.3) is 5.91 Å². The molecule has 2 fully saturated rings. The Balaban J connectivity index is 1.72. The summed E-state index contributed by atoms with van der Waals surface area (Å²) < 4.78 is 10.9. The van der Waals surface area contributed by atoms with E-state index >= 15 is 0 Å². The van der Waals surface area contributed by atoms with E-state index in [0.717, 1.165) is 25.0 Å². The molecule has 0 radical (unpaired) electrons. The second kappa shape index (κ2) is 6.22. The predicted octanol–water partition coefficient (Wildman–Crippen LogP) is 2.99. The maximum Gasteiger partial charge on any atom is 0.311 e. The Kier molecular flexibility index (Phi) is 4.40. The van der Waals surface area contributed by atoms with Gasteiger partial charge in [0.05, 0.1) is 11.6 Å². The first-order chi connectivity index (χ1) is 11.2. The van der Waals surface area contributed by atoms with Gasteiger partial charge in [-0.15, -0.1) is 0 Å². The molecule has 1 aromatic heterocycles. The molecule has 0 spiro atoms. The van der Waals surface area contributed by atoms with Crippen molar-refractivity contribution in [3.05, 3.63) is 17.8 Å². The smallest absolute Gasteiger partial charge is 0.311 e. The van der Waals surface area contributed by atoms with Crippen molar-refractivity contribution in [2.75, 3.05) is 13.1 Å². The second-order valence-corrected chi connectivity index (χ2v) is 8.12. The quantitative estimate of drug-likeness (QED) is 0.795. The van der Waals surface area contributed by atoms with Crippen molar-refractivity contribution in [1.82, 2.24) is 9.88 Å². The number of rotatable bonds is 3. The topological polar surface area (TPSA) is 72.6 Å². The van der Waals surface area contributed by atoms with Crippen molar-refractivity contribution in [2.24, 2.45) is 11.8 Å². The monoisotopic (exact) mass is 334 g/mol. The van der Waals surface area contributed by atoms with Gasteiger partial charge in [0.2, 0.25) is 5.76 Å². The summed E-state index contributed by atoms with van der Waals surface area (Å²) in [6.45, 7) is 8.63. The molecule has 1 saturated heterocycles. The molecule has 3 rings (SSSR count). The average molecular weight is 334 g/mol. The van der Waals surface area contributed by atoms with Gasteiger partial charge in [0.1, 0.15) is 5.60 Å². The first-order valence-electron chi connectivity index (χ1n) is 8.70. The minimum Gasteiger partial charge on any atom is -0.460 e. The Bertz CT molecular complexity index is 627. The highest BCUT2D eigenvalue weighted by Crippen LogP contribution is 2.41. The maximum atomic E-state index is 12.9. The number of likely N-dealkylation sites (tertiary alicyclic amines) is 1. The molecule has 1 aliphatic carbocycles. The fourth-order valence-electron chi connectivity index (χ4n) is 3.28. The molecule has 1 aromatic rings. The molecule has 0 aromatic carbocycles. The molecule has 2 heterocycles. The van der Waals surface area contributed by atoms with Gasteiger partial charge in [-0.05, 0) is 46.0 Å². The minimum atomic E-state index is -0.517. The zero-order valence-corrected chi connectivity index (χ0v) is 14.9. The SMILES string of the molecule is C[C@@H]1C[C@@H](C(=O)OC(C)(C)C)CN(C(=O)c2ocnc2C2CC2)C1. The summed E-state index contributed by atoms with van der Waals surface area (Å²) in [5, 5.41) is 0. The van der Waals surface area contributed by atoms with Crippen LogP contribution in [0.15, 0.2) is 10.8 Å². The number of hydrogen-bond donors (Lipinski definition) is 0. The van der Waals surface area contributed by atoms with Crippen LogP contribution in [0.4, 0.5) is 0 Å². The van der Waals surface area contributed by atoms with Gasteiger partial charge in [0, 0.05) is 19.0 Å². The van der Waals surface area contributed by atoms with Crippen LogP contribution in [0.25, 0.3) is 0 Å². The Morgan fingerprint density at radius 1 is 1.29 bits per heavy atom. The van der Waals surface area contributed by atoms with Crippen molar-refractivity contribution in [2.45, 2.75) is 58.5 Å². The molecule has 0 unspecified atom stereocenters. The lowest BCUT2D eigenvalue weighted by atomic mass is 9.90. The number of piperidine rings is 1. The zero-order valence-electron chi connectivity index (χ0n) is 14.9. The van der Waals surface area contributed by atoms with E-state index in [4.69, 9.17) is 9.15 Å². The summed E-state index contributed by atoms with van der Waals surface area (Å²) in [5.41, 5.74) is 0.253. The highest BCUT2D eigenvalue weighted by Gasteiger charge is 2.38. The van der Waals surface area contributed by atoms with Gasteiger partial charge in [-0.1, -0.05) is 6.92 Å². The van der Waals surface area contributed by atoms with Crippen LogP contribution < -0.4 is 0 Å². The molecule has 132 valence electrons. The van der Waals surface area contributed by atoms with E-state index in [1.54, 1.807) is 4.90 Å². The number of nitrogens with zero attached hydrogens (tertiary/aromatic N) is 2. The van der Waals surface area contributed by atoms with E-state index < -0.39 is 5.60 Å². The van der Waals surface area contributed by atoms with Crippen LogP contribution in [0.1, 0.15) is 69.1 Å². The minimum absolute atomic E-state index is 0.158. The zero-order chi connectivity index (χ0) is 17.5. The third-order valence-electron chi connectivity index (χ3n) is 4.44. The van der Waals surface area contributed by atoms with Crippen molar-refractivity contribution < 1.29 is 18.7 Å². The molecule has 6 nitrogen and oxygen atoms in total. The van der Waals surface area contributed by atoms with Gasteiger partial charge in [-0.2, -0.15) is 0 Å². The van der Waals surface area contributed by atoms with Gasteiger partial charge in [-0.25, -0.2) is 4.98 Å². The normalized spacial score (nSPS) is 24.8. The Morgan fingerprint density at radius 2 is 2.00 bits per heavy atom. The van der Waals surface area contributed by atoms with Crippen molar-refractivity contribution >= 4 is 11.9 Å². The van der Waals surface area contributed by atoms with E-state index in [1.807, 2.05) is 20.8 Å². The summed E-state index contributed by atoms with van der Waals surface area (Å²) in [5.74, 6) is 0.263. The van der Waals surface area contributed by atoms with E-state index in [1.165, 1.54) is 6.39 Å². The lowest BCUT2D eigenvalue weighted by Crippen LogP contribution is -2.47. The molecule has 1 amide bonds. The summed E-state index contributed by atoms with van der Waals surface area (Å²) in [6, 6.07) is 0. The van der Waals surface area contributed by atoms with E-state index in [9.17, 15) is 9.59 Å². The first kappa shape index (κ1) is 17.0. The number of oxazole rings is 1. The molecule has 1 aliphatic heterocycles. The summed E-state index contributed by atoms with van der Waals surface area (Å²) >= 11 is 0. The largest absolute Gasteiger partial charge is 0.460 e. The Labute approximate surface area is 142 Å². The highest BCUT2D eigenvalue weighted by molar-refractivity contribution is 5.93. The number of carbonyl (C=O) groups excluding carboxylic acids is 2. The molecule has 6 heteroatoms. The summed E-state index contributed by atoms with van der Waals surface area (Å²) in [6.07, 6.45) is 4.21. The van der Waals surface area contributed by atoms with Crippen LogP contribution in [-0.4, -0.2) is 40.5 Å². The summed E-state index contributed by atoms with van der Waals surface area (Å²) in [4.78, 5) is 31.2. The first-order valence-corrected chi connectivity index (χ1v) is 8.70. The third kappa shape index (κ3) is 3.79. The number of carbonyl (C=O) groups is 2. The highest BCUT2D eigenvalue weighted by atomic mass is 16.6. The van der Waals surface area contributed by atoms with Crippen LogP contribution in [0.3, 0.4) is 0 Å².